The second kappa shape index (κ2) is 12.9. The minimum absolute atomic E-state index is 0.144. The summed E-state index contributed by atoms with van der Waals surface area (Å²) in [7, 11) is 0. The molecular formula is C20H29O3-. The normalized spacial score (nSPS) is 21.3. The van der Waals surface area contributed by atoms with Gasteiger partial charge in [-0.15, -0.1) is 0 Å². The molecule has 1 heterocycles. The number of carbonyl (C=O) groups is 1. The van der Waals surface area contributed by atoms with E-state index in [1.54, 1.807) is 0 Å². The highest BCUT2D eigenvalue weighted by Crippen LogP contribution is 2.28. The minimum atomic E-state index is -0.967. The summed E-state index contributed by atoms with van der Waals surface area (Å²) in [5, 5.41) is 10.2. The van der Waals surface area contributed by atoms with Crippen molar-refractivity contribution in [2.45, 2.75) is 70.5 Å². The summed E-state index contributed by atoms with van der Waals surface area (Å²) in [6.07, 6.45) is 24.6. The molecule has 0 radical (unpaired) electrons. The molecule has 2 unspecified atom stereocenters. The number of epoxide rings is 1. The van der Waals surface area contributed by atoms with Crippen LogP contribution in [0.3, 0.4) is 0 Å². The Bertz CT molecular complexity index is 432. The van der Waals surface area contributed by atoms with Crippen molar-refractivity contribution in [3.63, 3.8) is 0 Å². The van der Waals surface area contributed by atoms with Crippen LogP contribution < -0.4 is 5.11 Å². The van der Waals surface area contributed by atoms with Crippen LogP contribution in [-0.2, 0) is 9.53 Å². The Morgan fingerprint density at radius 3 is 2.09 bits per heavy atom. The maximum absolute atomic E-state index is 10.2. The van der Waals surface area contributed by atoms with Crippen LogP contribution in [-0.4, -0.2) is 18.2 Å². The van der Waals surface area contributed by atoms with E-state index in [9.17, 15) is 9.90 Å². The fourth-order valence-electron chi connectivity index (χ4n) is 2.25. The van der Waals surface area contributed by atoms with Crippen molar-refractivity contribution < 1.29 is 14.6 Å². The molecule has 3 heteroatoms. The zero-order valence-electron chi connectivity index (χ0n) is 14.2. The summed E-state index contributed by atoms with van der Waals surface area (Å²) >= 11 is 0. The molecule has 23 heavy (non-hydrogen) atoms. The van der Waals surface area contributed by atoms with E-state index in [0.29, 0.717) is 18.6 Å². The van der Waals surface area contributed by atoms with E-state index in [0.717, 1.165) is 38.5 Å². The lowest BCUT2D eigenvalue weighted by atomic mass is 10.1. The molecule has 2 atom stereocenters. The van der Waals surface area contributed by atoms with Crippen LogP contribution in [0.2, 0.25) is 0 Å². The number of hydrogen-bond donors (Lipinski definition) is 0. The molecule has 1 rings (SSSR count). The third kappa shape index (κ3) is 11.6. The Kier molecular flexibility index (Phi) is 10.9. The summed E-state index contributed by atoms with van der Waals surface area (Å²) in [6.45, 7) is 2.14. The molecule has 0 amide bonds. The van der Waals surface area contributed by atoms with Crippen molar-refractivity contribution in [1.29, 1.82) is 0 Å². The first-order chi connectivity index (χ1) is 11.2. The van der Waals surface area contributed by atoms with Gasteiger partial charge in [0.2, 0.25) is 0 Å². The van der Waals surface area contributed by atoms with Gasteiger partial charge in [0.1, 0.15) is 0 Å². The van der Waals surface area contributed by atoms with Crippen molar-refractivity contribution >= 4 is 5.97 Å². The number of carboxylic acid groups (broad SMARTS) is 1. The Labute approximate surface area is 140 Å². The first-order valence-corrected chi connectivity index (χ1v) is 8.69. The number of rotatable bonds is 13. The monoisotopic (exact) mass is 317 g/mol. The SMILES string of the molecule is CC/C=C\CC1OC1C/C=C\C/C=C\C/C=C\CCCC(=O)[O-]. The molecular weight excluding hydrogens is 288 g/mol. The highest BCUT2D eigenvalue weighted by atomic mass is 16.6. The largest absolute Gasteiger partial charge is 0.550 e. The topological polar surface area (TPSA) is 52.7 Å². The van der Waals surface area contributed by atoms with E-state index >= 15 is 0 Å². The summed E-state index contributed by atoms with van der Waals surface area (Å²) in [6, 6.07) is 0. The molecule has 0 aliphatic carbocycles. The quantitative estimate of drug-likeness (QED) is 0.294. The van der Waals surface area contributed by atoms with E-state index in [1.807, 2.05) is 6.08 Å². The molecule has 0 N–H and O–H groups in total. The molecule has 1 fully saturated rings. The maximum Gasteiger partial charge on any atom is 0.0879 e. The Morgan fingerprint density at radius 1 is 0.913 bits per heavy atom. The number of allylic oxidation sites excluding steroid dienone is 6. The zero-order chi connectivity index (χ0) is 16.8. The number of carboxylic acids is 1. The molecule has 0 aromatic rings. The van der Waals surface area contributed by atoms with Crippen LogP contribution in [0.25, 0.3) is 0 Å². The minimum Gasteiger partial charge on any atom is -0.550 e. The molecule has 0 aromatic heterocycles. The number of aliphatic carboxylic acids is 1. The van der Waals surface area contributed by atoms with E-state index in [-0.39, 0.29) is 6.42 Å². The Morgan fingerprint density at radius 2 is 1.48 bits per heavy atom. The first-order valence-electron chi connectivity index (χ1n) is 8.69. The van der Waals surface area contributed by atoms with Gasteiger partial charge in [0, 0.05) is 5.97 Å². The van der Waals surface area contributed by atoms with Gasteiger partial charge in [-0.3, -0.25) is 0 Å². The lowest BCUT2D eigenvalue weighted by molar-refractivity contribution is -0.305. The number of unbranched alkanes of at least 4 members (excludes halogenated alkanes) is 1. The fraction of sp³-hybridized carbons (Fsp3) is 0.550. The Hall–Kier alpha value is -1.61. The lowest BCUT2D eigenvalue weighted by Gasteiger charge is -1.97. The molecule has 0 aromatic carbocycles. The molecule has 128 valence electrons. The van der Waals surface area contributed by atoms with Gasteiger partial charge in [-0.05, 0) is 51.4 Å². The molecule has 3 nitrogen and oxygen atoms in total. The first kappa shape index (κ1) is 19.4. The molecule has 0 saturated carbocycles. The zero-order valence-corrected chi connectivity index (χ0v) is 14.2. The van der Waals surface area contributed by atoms with Crippen LogP contribution >= 0.6 is 0 Å². The predicted octanol–water partition coefficient (Wildman–Crippen LogP) is 3.87. The van der Waals surface area contributed by atoms with Crippen LogP contribution in [0.15, 0.2) is 48.6 Å². The second-order valence-corrected chi connectivity index (χ2v) is 5.71. The summed E-state index contributed by atoms with van der Waals surface area (Å²) < 4.78 is 5.60. The van der Waals surface area contributed by atoms with Crippen LogP contribution in [0.1, 0.15) is 58.3 Å². The molecule has 1 saturated heterocycles. The van der Waals surface area contributed by atoms with E-state index < -0.39 is 5.97 Å². The highest BCUT2D eigenvalue weighted by molar-refractivity contribution is 5.64. The smallest absolute Gasteiger partial charge is 0.0879 e. The van der Waals surface area contributed by atoms with E-state index in [4.69, 9.17) is 4.74 Å². The fourth-order valence-corrected chi connectivity index (χ4v) is 2.25. The molecule has 0 bridgehead atoms. The molecule has 0 spiro atoms. The van der Waals surface area contributed by atoms with Gasteiger partial charge >= 0.3 is 0 Å². The third-order valence-corrected chi connectivity index (χ3v) is 3.62. The van der Waals surface area contributed by atoms with Crippen LogP contribution in [0, 0.1) is 0 Å². The summed E-state index contributed by atoms with van der Waals surface area (Å²) in [5.74, 6) is -0.967. The molecule has 1 aliphatic rings. The van der Waals surface area contributed by atoms with E-state index in [2.05, 4.69) is 49.5 Å². The van der Waals surface area contributed by atoms with Crippen LogP contribution in [0.4, 0.5) is 0 Å². The van der Waals surface area contributed by atoms with Crippen molar-refractivity contribution in [3.05, 3.63) is 48.6 Å². The number of hydrogen-bond acceptors (Lipinski definition) is 3. The van der Waals surface area contributed by atoms with Gasteiger partial charge in [-0.1, -0.05) is 55.5 Å². The average Bonchev–Trinajstić information content (AvgIpc) is 3.27. The van der Waals surface area contributed by atoms with Crippen molar-refractivity contribution in [2.24, 2.45) is 0 Å². The number of carbonyl (C=O) groups excluding carboxylic acids is 1. The van der Waals surface area contributed by atoms with Crippen molar-refractivity contribution in [2.75, 3.05) is 0 Å². The summed E-state index contributed by atoms with van der Waals surface area (Å²) in [4.78, 5) is 10.2. The van der Waals surface area contributed by atoms with Gasteiger partial charge < -0.3 is 14.6 Å². The van der Waals surface area contributed by atoms with Crippen LogP contribution in [0.5, 0.6) is 0 Å². The third-order valence-electron chi connectivity index (χ3n) is 3.62. The van der Waals surface area contributed by atoms with Gasteiger partial charge in [-0.25, -0.2) is 0 Å². The second-order valence-electron chi connectivity index (χ2n) is 5.71. The van der Waals surface area contributed by atoms with Crippen molar-refractivity contribution in [3.8, 4) is 0 Å². The highest BCUT2D eigenvalue weighted by Gasteiger charge is 2.35. The standard InChI is InChI=1S/C20H30O3/c1-2-3-12-15-18-19(23-18)16-13-10-8-6-4-5-7-9-11-14-17-20(21)22/h3-4,6-7,9-10,12-13,18-19H,2,5,8,11,14-17H2,1H3,(H,21,22)/p-1/b6-4-,9-7-,12-3-,13-10-. The van der Waals surface area contributed by atoms with Gasteiger partial charge in [0.25, 0.3) is 0 Å². The number of ether oxygens (including phenoxy) is 1. The van der Waals surface area contributed by atoms with Gasteiger partial charge in [-0.2, -0.15) is 0 Å². The van der Waals surface area contributed by atoms with E-state index in [1.165, 1.54) is 0 Å². The average molecular weight is 317 g/mol. The Balaban J connectivity index is 1.93. The van der Waals surface area contributed by atoms with Crippen molar-refractivity contribution in [1.82, 2.24) is 0 Å². The van der Waals surface area contributed by atoms with Gasteiger partial charge in [0.15, 0.2) is 0 Å². The molecule has 1 aliphatic heterocycles. The maximum atomic E-state index is 10.2. The summed E-state index contributed by atoms with van der Waals surface area (Å²) in [5.41, 5.74) is 0. The lowest BCUT2D eigenvalue weighted by Crippen LogP contribution is -2.21. The van der Waals surface area contributed by atoms with Gasteiger partial charge in [0.05, 0.1) is 12.2 Å². The predicted molar refractivity (Wildman–Crippen MR) is 92.8 cm³/mol.